The summed E-state index contributed by atoms with van der Waals surface area (Å²) in [6, 6.07) is 4.51. The molecule has 4 nitrogen and oxygen atoms in total. The fraction of sp³-hybridized carbons (Fsp3) is 0.500. The van der Waals surface area contributed by atoms with Crippen LogP contribution in [0.4, 0.5) is 10.1 Å². The maximum absolute atomic E-state index is 14.1. The molecular weight excluding hydrogens is 247 g/mol. The van der Waals surface area contributed by atoms with Crippen molar-refractivity contribution in [3.8, 4) is 0 Å². The van der Waals surface area contributed by atoms with Gasteiger partial charge in [0.05, 0.1) is 18.3 Å². The van der Waals surface area contributed by atoms with Gasteiger partial charge in [-0.25, -0.2) is 4.39 Å². The number of rotatable bonds is 6. The number of carbonyl (C=O) groups is 1. The smallest absolute Gasteiger partial charge is 0.236 e. The minimum absolute atomic E-state index is 0.0706. The zero-order valence-electron chi connectivity index (χ0n) is 11.6. The van der Waals surface area contributed by atoms with E-state index in [1.807, 2.05) is 13.8 Å². The first kappa shape index (κ1) is 15.4. The highest BCUT2D eigenvalue weighted by Gasteiger charge is 2.20. The topological polar surface area (TPSA) is 66.6 Å². The molecule has 1 aromatic rings. The third kappa shape index (κ3) is 4.21. The maximum atomic E-state index is 14.1. The number of para-hydroxylation sites is 1. The van der Waals surface area contributed by atoms with Crippen LogP contribution in [0.15, 0.2) is 18.2 Å². The van der Waals surface area contributed by atoms with Gasteiger partial charge in [-0.3, -0.25) is 4.79 Å². The molecule has 0 fully saturated rings. The molecule has 0 unspecified atom stereocenters. The number of aliphatic hydroxyl groups excluding tert-OH is 1. The average Bonchev–Trinajstić information content (AvgIpc) is 2.26. The number of aliphatic hydroxyl groups is 1. The van der Waals surface area contributed by atoms with Gasteiger partial charge in [-0.1, -0.05) is 26.0 Å². The van der Waals surface area contributed by atoms with Crippen LogP contribution in [0.2, 0.25) is 0 Å². The lowest BCUT2D eigenvalue weighted by molar-refractivity contribution is -0.116. The minimum atomic E-state index is -0.812. The Morgan fingerprint density at radius 1 is 1.42 bits per heavy atom. The SMILES string of the molecule is CC(C)CN(CC(N)=O)c1c(F)cccc1[C@H](C)O. The van der Waals surface area contributed by atoms with Crippen LogP contribution in [0.25, 0.3) is 0 Å². The Balaban J connectivity index is 3.23. The molecule has 106 valence electrons. The van der Waals surface area contributed by atoms with Crippen LogP contribution < -0.4 is 10.6 Å². The van der Waals surface area contributed by atoms with Crippen molar-refractivity contribution >= 4 is 11.6 Å². The van der Waals surface area contributed by atoms with Crippen LogP contribution in [0.5, 0.6) is 0 Å². The largest absolute Gasteiger partial charge is 0.389 e. The number of carbonyl (C=O) groups excluding carboxylic acids is 1. The summed E-state index contributed by atoms with van der Waals surface area (Å²) in [7, 11) is 0. The van der Waals surface area contributed by atoms with E-state index < -0.39 is 17.8 Å². The molecule has 3 N–H and O–H groups in total. The van der Waals surface area contributed by atoms with E-state index in [0.29, 0.717) is 12.1 Å². The van der Waals surface area contributed by atoms with Crippen LogP contribution in [-0.4, -0.2) is 24.1 Å². The minimum Gasteiger partial charge on any atom is -0.389 e. The summed E-state index contributed by atoms with van der Waals surface area (Å²) in [6.07, 6.45) is -0.812. The van der Waals surface area contributed by atoms with Gasteiger partial charge in [-0.05, 0) is 18.9 Å². The third-order valence-electron chi connectivity index (χ3n) is 2.72. The van der Waals surface area contributed by atoms with Crippen LogP contribution in [0.1, 0.15) is 32.4 Å². The van der Waals surface area contributed by atoms with Gasteiger partial charge >= 0.3 is 0 Å². The Labute approximate surface area is 113 Å². The number of hydrogen-bond acceptors (Lipinski definition) is 3. The van der Waals surface area contributed by atoms with Crippen molar-refractivity contribution < 1.29 is 14.3 Å². The van der Waals surface area contributed by atoms with E-state index in [4.69, 9.17) is 5.73 Å². The van der Waals surface area contributed by atoms with E-state index in [0.717, 1.165) is 0 Å². The Morgan fingerprint density at radius 3 is 2.53 bits per heavy atom. The van der Waals surface area contributed by atoms with Crippen molar-refractivity contribution in [1.82, 2.24) is 0 Å². The molecule has 1 atom stereocenters. The van der Waals surface area contributed by atoms with Crippen molar-refractivity contribution in [3.63, 3.8) is 0 Å². The highest BCUT2D eigenvalue weighted by atomic mass is 19.1. The molecular formula is C14H21FN2O2. The lowest BCUT2D eigenvalue weighted by atomic mass is 10.1. The number of amides is 1. The highest BCUT2D eigenvalue weighted by Crippen LogP contribution is 2.29. The van der Waals surface area contributed by atoms with Crippen molar-refractivity contribution in [2.24, 2.45) is 11.7 Å². The monoisotopic (exact) mass is 268 g/mol. The number of primary amides is 1. The molecule has 1 aromatic carbocycles. The predicted molar refractivity (Wildman–Crippen MR) is 73.3 cm³/mol. The molecule has 1 rings (SSSR count). The fourth-order valence-electron chi connectivity index (χ4n) is 2.07. The number of hydrogen-bond donors (Lipinski definition) is 2. The molecule has 0 radical (unpaired) electrons. The van der Waals surface area contributed by atoms with Crippen LogP contribution in [0, 0.1) is 11.7 Å². The second kappa shape index (κ2) is 6.52. The molecule has 0 aliphatic heterocycles. The Bertz CT molecular complexity index is 447. The Hall–Kier alpha value is -1.62. The van der Waals surface area contributed by atoms with Crippen molar-refractivity contribution in [1.29, 1.82) is 0 Å². The van der Waals surface area contributed by atoms with Gasteiger partial charge in [0, 0.05) is 12.1 Å². The van der Waals surface area contributed by atoms with E-state index in [9.17, 15) is 14.3 Å². The maximum Gasteiger partial charge on any atom is 0.236 e. The second-order valence-corrected chi connectivity index (χ2v) is 5.09. The van der Waals surface area contributed by atoms with Gasteiger partial charge in [-0.2, -0.15) is 0 Å². The van der Waals surface area contributed by atoms with Gasteiger partial charge in [0.1, 0.15) is 5.82 Å². The van der Waals surface area contributed by atoms with E-state index in [2.05, 4.69) is 0 Å². The van der Waals surface area contributed by atoms with E-state index in [1.54, 1.807) is 24.0 Å². The second-order valence-electron chi connectivity index (χ2n) is 5.09. The van der Waals surface area contributed by atoms with Gasteiger partial charge < -0.3 is 15.7 Å². The molecule has 0 bridgehead atoms. The average molecular weight is 268 g/mol. The van der Waals surface area contributed by atoms with E-state index >= 15 is 0 Å². The number of benzene rings is 1. The highest BCUT2D eigenvalue weighted by molar-refractivity contribution is 5.80. The first-order valence-corrected chi connectivity index (χ1v) is 6.32. The van der Waals surface area contributed by atoms with E-state index in [1.165, 1.54) is 6.07 Å². The standard InChI is InChI=1S/C14H21FN2O2/c1-9(2)7-17(8-13(16)19)14-11(10(3)18)5-4-6-12(14)15/h4-6,9-10,18H,7-8H2,1-3H3,(H2,16,19)/t10-/m0/s1. The van der Waals surface area contributed by atoms with Crippen LogP contribution >= 0.6 is 0 Å². The molecule has 1 amide bonds. The van der Waals surface area contributed by atoms with E-state index in [-0.39, 0.29) is 18.2 Å². The molecule has 0 spiro atoms. The summed E-state index contributed by atoms with van der Waals surface area (Å²) in [5.74, 6) is -0.749. The first-order valence-electron chi connectivity index (χ1n) is 6.32. The summed E-state index contributed by atoms with van der Waals surface area (Å²) in [5, 5.41) is 9.74. The predicted octanol–water partition coefficient (Wildman–Crippen LogP) is 1.83. The molecule has 0 aromatic heterocycles. The third-order valence-corrected chi connectivity index (χ3v) is 2.72. The molecule has 0 saturated carbocycles. The molecule has 0 heterocycles. The molecule has 0 aliphatic carbocycles. The lowest BCUT2D eigenvalue weighted by Gasteiger charge is -2.28. The van der Waals surface area contributed by atoms with Crippen LogP contribution in [-0.2, 0) is 4.79 Å². The summed E-state index contributed by atoms with van der Waals surface area (Å²) >= 11 is 0. The lowest BCUT2D eigenvalue weighted by Crippen LogP contribution is -2.37. The van der Waals surface area contributed by atoms with Crippen molar-refractivity contribution in [3.05, 3.63) is 29.6 Å². The van der Waals surface area contributed by atoms with Crippen LogP contribution in [0.3, 0.4) is 0 Å². The van der Waals surface area contributed by atoms with Gasteiger partial charge in [0.25, 0.3) is 0 Å². The molecule has 0 aliphatic rings. The normalized spacial score (nSPS) is 12.5. The molecule has 0 saturated heterocycles. The Kier molecular flexibility index (Phi) is 5.30. The summed E-state index contributed by atoms with van der Waals surface area (Å²) in [4.78, 5) is 12.7. The zero-order chi connectivity index (χ0) is 14.6. The fourth-order valence-corrected chi connectivity index (χ4v) is 2.07. The van der Waals surface area contributed by atoms with Gasteiger partial charge in [-0.15, -0.1) is 0 Å². The number of nitrogens with two attached hydrogens (primary N) is 1. The zero-order valence-corrected chi connectivity index (χ0v) is 11.6. The van der Waals surface area contributed by atoms with Gasteiger partial charge in [0.2, 0.25) is 5.91 Å². The van der Waals surface area contributed by atoms with Crippen molar-refractivity contribution in [2.75, 3.05) is 18.0 Å². The summed E-state index contributed by atoms with van der Waals surface area (Å²) in [5.41, 5.74) is 5.93. The van der Waals surface area contributed by atoms with Gasteiger partial charge in [0.15, 0.2) is 0 Å². The summed E-state index contributed by atoms with van der Waals surface area (Å²) in [6.45, 7) is 5.92. The number of halogens is 1. The first-order chi connectivity index (χ1) is 8.82. The Morgan fingerprint density at radius 2 is 2.05 bits per heavy atom. The quantitative estimate of drug-likeness (QED) is 0.827. The molecule has 19 heavy (non-hydrogen) atoms. The number of nitrogens with zero attached hydrogens (tertiary/aromatic N) is 1. The van der Waals surface area contributed by atoms with Crippen molar-refractivity contribution in [2.45, 2.75) is 26.9 Å². The number of anilines is 1. The summed E-state index contributed by atoms with van der Waals surface area (Å²) < 4.78 is 14.1. The molecule has 5 heteroatoms.